The first-order valence-corrected chi connectivity index (χ1v) is 12.7. The number of halogens is 1. The van der Waals surface area contributed by atoms with Crippen LogP contribution in [0.2, 0.25) is 5.02 Å². The summed E-state index contributed by atoms with van der Waals surface area (Å²) < 4.78 is 36.9. The van der Waals surface area contributed by atoms with Crippen molar-refractivity contribution < 1.29 is 22.1 Å². The Hall–Kier alpha value is -3.88. The van der Waals surface area contributed by atoms with Gasteiger partial charge in [-0.25, -0.2) is 0 Å². The molecule has 0 saturated carbocycles. The molecule has 0 saturated heterocycles. The predicted octanol–water partition coefficient (Wildman–Crippen LogP) is 5.65. The van der Waals surface area contributed by atoms with Gasteiger partial charge in [0.25, 0.3) is 5.91 Å². The van der Waals surface area contributed by atoms with Gasteiger partial charge in [-0.15, -0.1) is 6.58 Å². The van der Waals surface area contributed by atoms with Crippen molar-refractivity contribution in [1.82, 2.24) is 0 Å². The summed E-state index contributed by atoms with van der Waals surface area (Å²) in [6.45, 7) is 5.52. The van der Waals surface area contributed by atoms with Crippen molar-refractivity contribution in [1.29, 1.82) is 0 Å². The highest BCUT2D eigenvalue weighted by atomic mass is 35.5. The lowest BCUT2D eigenvalue weighted by Crippen LogP contribution is -2.21. The van der Waals surface area contributed by atoms with Gasteiger partial charge in [-0.05, 0) is 73.5 Å². The van der Waals surface area contributed by atoms with Gasteiger partial charge in [-0.3, -0.25) is 4.79 Å². The number of carbonyl (C=O) groups excluding carboxylic acids is 1. The fourth-order valence-corrected chi connectivity index (χ4v) is 4.77. The normalized spacial score (nSPS) is 14.6. The lowest BCUT2D eigenvalue weighted by Gasteiger charge is -2.16. The molecule has 0 fully saturated rings. The van der Waals surface area contributed by atoms with Gasteiger partial charge in [0.15, 0.2) is 11.5 Å². The average molecular weight is 523 g/mol. The minimum Gasteiger partial charge on any atom is -0.493 e. The van der Waals surface area contributed by atoms with Crippen molar-refractivity contribution in [3.05, 3.63) is 101 Å². The van der Waals surface area contributed by atoms with Crippen LogP contribution in [0.5, 0.6) is 11.5 Å². The first-order chi connectivity index (χ1) is 17.2. The van der Waals surface area contributed by atoms with Crippen LogP contribution in [0.15, 0.2) is 95.0 Å². The van der Waals surface area contributed by atoms with E-state index in [0.717, 1.165) is 0 Å². The topological polar surface area (TPSA) is 85.3 Å². The molecule has 4 rings (SSSR count). The average Bonchev–Trinajstić information content (AvgIpc) is 3.14. The minimum atomic E-state index is -4.16. The molecule has 1 aliphatic heterocycles. The molecule has 3 aromatic carbocycles. The van der Waals surface area contributed by atoms with Crippen LogP contribution in [-0.4, -0.2) is 27.1 Å². The molecule has 0 unspecified atom stereocenters. The fraction of sp³-hybridized carbons (Fsp3) is 0.111. The molecule has 0 spiro atoms. The largest absolute Gasteiger partial charge is 0.493 e. The highest BCUT2D eigenvalue weighted by Crippen LogP contribution is 2.37. The maximum absolute atomic E-state index is 13.1. The zero-order valence-electron chi connectivity index (χ0n) is 19.6. The Kier molecular flexibility index (Phi) is 7.28. The Bertz CT molecular complexity index is 1480. The van der Waals surface area contributed by atoms with Crippen molar-refractivity contribution in [3.8, 4) is 11.5 Å². The van der Waals surface area contributed by atoms with Gasteiger partial charge in [-0.2, -0.15) is 18.5 Å². The van der Waals surface area contributed by atoms with Crippen molar-refractivity contribution in [2.24, 2.45) is 5.10 Å². The number of ether oxygens (including phenoxy) is 1. The van der Waals surface area contributed by atoms with Crippen LogP contribution in [0.4, 0.5) is 5.69 Å². The molecule has 0 N–H and O–H groups in total. The number of rotatable bonds is 8. The second-order valence-electron chi connectivity index (χ2n) is 7.89. The number of allylic oxidation sites excluding steroid dienone is 1. The molecule has 3 aromatic rings. The molecule has 9 heteroatoms. The van der Waals surface area contributed by atoms with E-state index in [1.807, 2.05) is 18.2 Å². The minimum absolute atomic E-state index is 0.0450. The van der Waals surface area contributed by atoms with Gasteiger partial charge in [0.1, 0.15) is 4.90 Å². The summed E-state index contributed by atoms with van der Waals surface area (Å²) >= 11 is 5.88. The SMILES string of the molecule is C=CCc1cc(/C=C2/C(=O)N(c3ccccc3)N=C2C)cc(OC)c1OS(=O)(=O)c1ccc(Cl)cc1. The van der Waals surface area contributed by atoms with E-state index >= 15 is 0 Å². The third-order valence-electron chi connectivity index (χ3n) is 5.41. The summed E-state index contributed by atoms with van der Waals surface area (Å²) in [5, 5.41) is 6.15. The molecule has 7 nitrogen and oxygen atoms in total. The molecule has 0 bridgehead atoms. The van der Waals surface area contributed by atoms with Crippen LogP contribution in [0, 0.1) is 0 Å². The summed E-state index contributed by atoms with van der Waals surface area (Å²) in [4.78, 5) is 13.1. The third kappa shape index (κ3) is 5.19. The Morgan fingerprint density at radius 2 is 1.78 bits per heavy atom. The van der Waals surface area contributed by atoms with Gasteiger partial charge < -0.3 is 8.92 Å². The maximum Gasteiger partial charge on any atom is 0.339 e. The summed E-state index contributed by atoms with van der Waals surface area (Å²) in [5.41, 5.74) is 2.76. The van der Waals surface area contributed by atoms with E-state index in [2.05, 4.69) is 11.7 Å². The highest BCUT2D eigenvalue weighted by molar-refractivity contribution is 7.87. The van der Waals surface area contributed by atoms with E-state index in [0.29, 0.717) is 39.5 Å². The van der Waals surface area contributed by atoms with Crippen LogP contribution in [-0.2, 0) is 21.3 Å². The maximum atomic E-state index is 13.1. The van der Waals surface area contributed by atoms with Crippen LogP contribution in [0.1, 0.15) is 18.1 Å². The number of carbonyl (C=O) groups is 1. The van der Waals surface area contributed by atoms with Gasteiger partial charge in [0.2, 0.25) is 0 Å². The van der Waals surface area contributed by atoms with Gasteiger partial charge in [0.05, 0.1) is 24.1 Å². The molecule has 1 amide bonds. The van der Waals surface area contributed by atoms with Crippen LogP contribution in [0.25, 0.3) is 6.08 Å². The monoisotopic (exact) mass is 522 g/mol. The van der Waals surface area contributed by atoms with Crippen LogP contribution < -0.4 is 13.9 Å². The Morgan fingerprint density at radius 3 is 2.42 bits per heavy atom. The molecular formula is C27H23ClN2O5S. The Labute approximate surface area is 215 Å². The molecular weight excluding hydrogens is 500 g/mol. The zero-order valence-corrected chi connectivity index (χ0v) is 21.2. The predicted molar refractivity (Wildman–Crippen MR) is 141 cm³/mol. The summed E-state index contributed by atoms with van der Waals surface area (Å²) in [5.74, 6) is -0.0316. The number of benzene rings is 3. The molecule has 1 heterocycles. The molecule has 0 atom stereocenters. The van der Waals surface area contributed by atoms with Crippen molar-refractivity contribution in [3.63, 3.8) is 0 Å². The second-order valence-corrected chi connectivity index (χ2v) is 9.87. The Balaban J connectivity index is 1.72. The third-order valence-corrected chi connectivity index (χ3v) is 6.90. The molecule has 0 aromatic heterocycles. The first kappa shape index (κ1) is 25.2. The number of anilines is 1. The molecule has 1 aliphatic rings. The number of para-hydroxylation sites is 1. The summed E-state index contributed by atoms with van der Waals surface area (Å²) in [6.07, 6.45) is 3.62. The number of hydrogen-bond donors (Lipinski definition) is 0. The van der Waals surface area contributed by atoms with E-state index in [1.54, 1.807) is 43.3 Å². The molecule has 36 heavy (non-hydrogen) atoms. The zero-order chi connectivity index (χ0) is 25.9. The quantitative estimate of drug-likeness (QED) is 0.217. The van der Waals surface area contributed by atoms with Crippen molar-refractivity contribution in [2.45, 2.75) is 18.2 Å². The number of hydrogen-bond acceptors (Lipinski definition) is 6. The number of methoxy groups -OCH3 is 1. The Morgan fingerprint density at radius 1 is 1.08 bits per heavy atom. The van der Waals surface area contributed by atoms with Crippen LogP contribution in [0.3, 0.4) is 0 Å². The lowest BCUT2D eigenvalue weighted by atomic mass is 10.0. The van der Waals surface area contributed by atoms with Gasteiger partial charge >= 0.3 is 10.1 Å². The van der Waals surface area contributed by atoms with E-state index in [4.69, 9.17) is 20.5 Å². The van der Waals surface area contributed by atoms with Crippen molar-refractivity contribution >= 4 is 45.1 Å². The van der Waals surface area contributed by atoms with E-state index in [-0.39, 0.29) is 22.3 Å². The number of hydrazone groups is 1. The fourth-order valence-electron chi connectivity index (χ4n) is 3.67. The summed E-state index contributed by atoms with van der Waals surface area (Å²) in [7, 11) is -2.75. The standard InChI is InChI=1S/C27H23ClN2O5S/c1-4-8-20-15-19(16-24-18(2)29-30(27(24)31)22-9-6-5-7-10-22)17-25(34-3)26(20)35-36(32,33)23-13-11-21(28)12-14-23/h4-7,9-17H,1,8H2,2-3H3/b24-16+. The number of amides is 1. The molecule has 0 radical (unpaired) electrons. The van der Waals surface area contributed by atoms with E-state index in [1.165, 1.54) is 36.4 Å². The second kappa shape index (κ2) is 10.4. The highest BCUT2D eigenvalue weighted by Gasteiger charge is 2.29. The number of nitrogens with zero attached hydrogens (tertiary/aromatic N) is 2. The van der Waals surface area contributed by atoms with E-state index < -0.39 is 10.1 Å². The molecule has 0 aliphatic carbocycles. The van der Waals surface area contributed by atoms with Crippen molar-refractivity contribution in [2.75, 3.05) is 12.1 Å². The first-order valence-electron chi connectivity index (χ1n) is 10.9. The lowest BCUT2D eigenvalue weighted by molar-refractivity contribution is -0.114. The van der Waals surface area contributed by atoms with E-state index in [9.17, 15) is 13.2 Å². The van der Waals surface area contributed by atoms with Gasteiger partial charge in [0, 0.05) is 10.6 Å². The smallest absolute Gasteiger partial charge is 0.339 e. The van der Waals surface area contributed by atoms with Crippen LogP contribution >= 0.6 is 11.6 Å². The van der Waals surface area contributed by atoms with Gasteiger partial charge in [-0.1, -0.05) is 35.9 Å². The summed E-state index contributed by atoms with van der Waals surface area (Å²) in [6, 6.07) is 18.1. The molecule has 184 valence electrons.